The van der Waals surface area contributed by atoms with E-state index in [1.165, 1.54) is 18.7 Å². The van der Waals surface area contributed by atoms with Crippen LogP contribution in [0.3, 0.4) is 0 Å². The van der Waals surface area contributed by atoms with Crippen LogP contribution in [0.5, 0.6) is 17.2 Å². The molecule has 7 nitrogen and oxygen atoms in total. The third kappa shape index (κ3) is 5.04. The molecule has 2 aliphatic rings. The van der Waals surface area contributed by atoms with E-state index in [1.54, 1.807) is 14.2 Å². The van der Waals surface area contributed by atoms with Crippen molar-refractivity contribution < 1.29 is 32.2 Å². The van der Waals surface area contributed by atoms with Gasteiger partial charge in [-0.3, -0.25) is 0 Å². The molecule has 0 aromatic heterocycles. The first-order valence-corrected chi connectivity index (χ1v) is 11.9. The Morgan fingerprint density at radius 2 is 1.78 bits per heavy atom. The van der Waals surface area contributed by atoms with Crippen molar-refractivity contribution in [2.75, 3.05) is 40.2 Å². The summed E-state index contributed by atoms with van der Waals surface area (Å²) in [5.74, 6) is 1.39. The summed E-state index contributed by atoms with van der Waals surface area (Å²) in [5, 5.41) is 5.50. The zero-order chi connectivity index (χ0) is 26.1. The van der Waals surface area contributed by atoms with Crippen LogP contribution in [-0.4, -0.2) is 57.9 Å². The second kappa shape index (κ2) is 10.1. The summed E-state index contributed by atoms with van der Waals surface area (Å²) in [6.45, 7) is 0.932. The topological polar surface area (TPSA) is 72.1 Å². The summed E-state index contributed by atoms with van der Waals surface area (Å²) in [6.07, 6.45) is -1.22. The second-order valence-corrected chi connectivity index (χ2v) is 9.49. The van der Waals surface area contributed by atoms with E-state index in [2.05, 4.69) is 28.6 Å². The Bertz CT molecular complexity index is 1110. The number of ether oxygens (including phenoxy) is 3. The van der Waals surface area contributed by atoms with Crippen LogP contribution in [0.25, 0.3) is 0 Å². The Labute approximate surface area is 208 Å². The molecule has 10 heteroatoms. The molecule has 36 heavy (non-hydrogen) atoms. The van der Waals surface area contributed by atoms with Crippen molar-refractivity contribution in [2.45, 2.75) is 49.4 Å². The third-order valence-electron chi connectivity index (χ3n) is 7.55. The summed E-state index contributed by atoms with van der Waals surface area (Å²) in [6, 6.07) is 8.77. The number of carbonyl (C=O) groups excluding carboxylic acids is 1. The van der Waals surface area contributed by atoms with Gasteiger partial charge in [-0.05, 0) is 69.1 Å². The van der Waals surface area contributed by atoms with Gasteiger partial charge in [-0.15, -0.1) is 0 Å². The maximum Gasteiger partial charge on any atom is 0.416 e. The lowest BCUT2D eigenvalue weighted by atomic mass is 9.65. The average Bonchev–Trinajstić information content (AvgIpc) is 3.19. The van der Waals surface area contributed by atoms with Gasteiger partial charge in [-0.1, -0.05) is 6.07 Å². The van der Waals surface area contributed by atoms with Crippen molar-refractivity contribution in [1.82, 2.24) is 10.2 Å². The van der Waals surface area contributed by atoms with Gasteiger partial charge >= 0.3 is 12.2 Å². The highest BCUT2D eigenvalue weighted by Gasteiger charge is 2.50. The van der Waals surface area contributed by atoms with E-state index < -0.39 is 17.8 Å². The number of hydrogen-bond donors (Lipinski definition) is 2. The lowest BCUT2D eigenvalue weighted by molar-refractivity contribution is -0.137. The number of urea groups is 1. The number of methoxy groups -OCH3 is 3. The van der Waals surface area contributed by atoms with Crippen LogP contribution in [0.15, 0.2) is 36.4 Å². The molecule has 2 N–H and O–H groups in total. The average molecular weight is 508 g/mol. The van der Waals surface area contributed by atoms with E-state index in [0.717, 1.165) is 44.4 Å². The van der Waals surface area contributed by atoms with E-state index >= 15 is 0 Å². The number of fused-ring (bicyclic) bond motifs is 1. The molecule has 0 unspecified atom stereocenters. The number of likely N-dealkylation sites (N-methyl/N-ethyl adjacent to an activating group) is 1. The quantitative estimate of drug-likeness (QED) is 0.573. The molecule has 1 heterocycles. The van der Waals surface area contributed by atoms with E-state index in [1.807, 2.05) is 12.1 Å². The van der Waals surface area contributed by atoms with Gasteiger partial charge in [0.15, 0.2) is 11.5 Å². The number of likely N-dealkylation sites (tertiary alicyclic amines) is 1. The first-order valence-electron chi connectivity index (χ1n) is 11.9. The van der Waals surface area contributed by atoms with Gasteiger partial charge in [0.1, 0.15) is 5.75 Å². The normalized spacial score (nSPS) is 24.1. The lowest BCUT2D eigenvalue weighted by Crippen LogP contribution is -2.52. The van der Waals surface area contributed by atoms with Crippen molar-refractivity contribution in [3.8, 4) is 17.2 Å². The van der Waals surface area contributed by atoms with Gasteiger partial charge in [-0.25, -0.2) is 4.79 Å². The minimum absolute atomic E-state index is 0.0186. The molecule has 1 saturated heterocycles. The molecular formula is C26H32F3N3O4. The van der Waals surface area contributed by atoms with Crippen molar-refractivity contribution in [1.29, 1.82) is 0 Å². The van der Waals surface area contributed by atoms with Crippen LogP contribution < -0.4 is 24.8 Å². The van der Waals surface area contributed by atoms with Gasteiger partial charge < -0.3 is 29.7 Å². The number of hydrogen-bond acceptors (Lipinski definition) is 5. The molecule has 196 valence electrons. The van der Waals surface area contributed by atoms with Gasteiger partial charge in [0, 0.05) is 29.3 Å². The fourth-order valence-corrected chi connectivity index (χ4v) is 5.70. The van der Waals surface area contributed by atoms with Crippen LogP contribution in [-0.2, 0) is 11.6 Å². The number of anilines is 1. The second-order valence-electron chi connectivity index (χ2n) is 9.49. The van der Waals surface area contributed by atoms with Crippen LogP contribution in [0, 0.1) is 0 Å². The Morgan fingerprint density at radius 1 is 1.03 bits per heavy atom. The summed E-state index contributed by atoms with van der Waals surface area (Å²) in [5.41, 5.74) is 0.250. The Hall–Kier alpha value is -3.14. The molecule has 2 amide bonds. The van der Waals surface area contributed by atoms with Crippen molar-refractivity contribution in [2.24, 2.45) is 0 Å². The number of carbonyl (C=O) groups is 1. The number of nitrogens with zero attached hydrogens (tertiary/aromatic N) is 1. The van der Waals surface area contributed by atoms with Crippen LogP contribution >= 0.6 is 0 Å². The van der Waals surface area contributed by atoms with E-state index in [-0.39, 0.29) is 28.9 Å². The Balaban J connectivity index is 1.48. The SMILES string of the molecule is COc1cc(NC(=O)N[C@H]2CC[C@@]3(c4ccc(OC)c(OC)c4)CCN(C)[C@@H]3C2)cc(C(F)(F)F)c1. The zero-order valence-electron chi connectivity index (χ0n) is 20.9. The zero-order valence-corrected chi connectivity index (χ0v) is 20.9. The third-order valence-corrected chi connectivity index (χ3v) is 7.55. The van der Waals surface area contributed by atoms with Gasteiger partial charge in [-0.2, -0.15) is 13.2 Å². The summed E-state index contributed by atoms with van der Waals surface area (Å²) in [4.78, 5) is 15.1. The first kappa shape index (κ1) is 25.9. The summed E-state index contributed by atoms with van der Waals surface area (Å²) < 4.78 is 55.6. The maximum atomic E-state index is 13.2. The van der Waals surface area contributed by atoms with Crippen molar-refractivity contribution in [3.05, 3.63) is 47.5 Å². The highest BCUT2D eigenvalue weighted by Crippen LogP contribution is 2.50. The molecule has 2 fully saturated rings. The predicted molar refractivity (Wildman–Crippen MR) is 130 cm³/mol. The van der Waals surface area contributed by atoms with E-state index in [4.69, 9.17) is 14.2 Å². The maximum absolute atomic E-state index is 13.2. The number of rotatable bonds is 6. The minimum Gasteiger partial charge on any atom is -0.497 e. The number of alkyl halides is 3. The molecule has 2 aromatic carbocycles. The Kier molecular flexibility index (Phi) is 7.26. The summed E-state index contributed by atoms with van der Waals surface area (Å²) >= 11 is 0. The molecule has 1 saturated carbocycles. The Morgan fingerprint density at radius 3 is 2.44 bits per heavy atom. The van der Waals surface area contributed by atoms with Crippen molar-refractivity contribution >= 4 is 11.7 Å². The number of benzene rings is 2. The van der Waals surface area contributed by atoms with E-state index in [9.17, 15) is 18.0 Å². The molecular weight excluding hydrogens is 475 g/mol. The van der Waals surface area contributed by atoms with Crippen molar-refractivity contribution in [3.63, 3.8) is 0 Å². The van der Waals surface area contributed by atoms with Gasteiger partial charge in [0.25, 0.3) is 0 Å². The van der Waals surface area contributed by atoms with Crippen LogP contribution in [0.2, 0.25) is 0 Å². The van der Waals surface area contributed by atoms with Gasteiger partial charge in [0.05, 0.1) is 26.9 Å². The minimum atomic E-state index is -4.55. The highest BCUT2D eigenvalue weighted by atomic mass is 19.4. The molecule has 0 bridgehead atoms. The largest absolute Gasteiger partial charge is 0.497 e. The fraction of sp³-hybridized carbons (Fsp3) is 0.500. The monoisotopic (exact) mass is 507 g/mol. The number of halogens is 3. The highest BCUT2D eigenvalue weighted by molar-refractivity contribution is 5.89. The fourth-order valence-electron chi connectivity index (χ4n) is 5.70. The molecule has 1 aliphatic carbocycles. The van der Waals surface area contributed by atoms with Gasteiger partial charge in [0.2, 0.25) is 0 Å². The lowest BCUT2D eigenvalue weighted by Gasteiger charge is -2.45. The van der Waals surface area contributed by atoms with Crippen LogP contribution in [0.1, 0.15) is 36.8 Å². The summed E-state index contributed by atoms with van der Waals surface area (Å²) in [7, 11) is 6.60. The smallest absolute Gasteiger partial charge is 0.416 e. The van der Waals surface area contributed by atoms with Crippen LogP contribution in [0.4, 0.5) is 23.7 Å². The molecule has 2 aromatic rings. The van der Waals surface area contributed by atoms with E-state index in [0.29, 0.717) is 11.5 Å². The predicted octanol–water partition coefficient (Wildman–Crippen LogP) is 5.05. The number of nitrogens with one attached hydrogen (secondary N) is 2. The molecule has 1 aliphatic heterocycles. The first-order chi connectivity index (χ1) is 17.1. The molecule has 0 radical (unpaired) electrons. The standard InChI is InChI=1S/C26H32F3N3O4/c1-32-10-9-25(16-5-6-21(35-3)22(13-16)36-4)8-7-18(15-23(25)32)30-24(33)31-19-11-17(26(27,28)29)12-20(14-19)34-2/h5-6,11-14,18,23H,7-10,15H2,1-4H3,(H2,30,31,33)/t18-,23+,25-/m0/s1. The molecule has 4 rings (SSSR count). The molecule has 3 atom stereocenters. The molecule has 0 spiro atoms. The number of amides is 2.